The van der Waals surface area contributed by atoms with Crippen molar-refractivity contribution in [1.82, 2.24) is 9.55 Å². The van der Waals surface area contributed by atoms with Crippen LogP contribution < -0.4 is 0 Å². The maximum atomic E-state index is 11.1. The zero-order valence-electron chi connectivity index (χ0n) is 12.9. The molecule has 0 aliphatic heterocycles. The smallest absolute Gasteiger partial charge is 0.149 e. The van der Waals surface area contributed by atoms with E-state index in [1.807, 2.05) is 20.0 Å². The van der Waals surface area contributed by atoms with Crippen molar-refractivity contribution < 1.29 is 13.2 Å². The first-order valence-corrected chi connectivity index (χ1v) is 9.11. The van der Waals surface area contributed by atoms with E-state index in [0.717, 1.165) is 25.1 Å². The van der Waals surface area contributed by atoms with Crippen molar-refractivity contribution in [2.24, 2.45) is 0 Å². The molecule has 6 heteroatoms. The van der Waals surface area contributed by atoms with Gasteiger partial charge in [-0.2, -0.15) is 0 Å². The molecule has 1 aromatic heterocycles. The first-order chi connectivity index (χ1) is 9.23. The molecule has 0 aromatic carbocycles. The van der Waals surface area contributed by atoms with Gasteiger partial charge in [-0.25, -0.2) is 13.4 Å². The predicted molar refractivity (Wildman–Crippen MR) is 80.6 cm³/mol. The summed E-state index contributed by atoms with van der Waals surface area (Å²) in [5.41, 5.74) is -0.410. The van der Waals surface area contributed by atoms with Gasteiger partial charge in [0.05, 0.1) is 24.5 Å². The van der Waals surface area contributed by atoms with Crippen molar-refractivity contribution in [2.45, 2.75) is 52.2 Å². The Balaban J connectivity index is 2.55. The van der Waals surface area contributed by atoms with Gasteiger partial charge in [-0.15, -0.1) is 0 Å². The zero-order chi connectivity index (χ0) is 15.2. The third kappa shape index (κ3) is 6.52. The standard InChI is InChI=1S/C14H26N2O3S/c1-5-6-7-13-15-8-9-16(13)12-14(2,3)19-10-11-20(4,17)18/h8-9H,5-7,10-12H2,1-4H3. The van der Waals surface area contributed by atoms with Crippen molar-refractivity contribution >= 4 is 9.84 Å². The molecule has 0 atom stereocenters. The molecule has 1 aromatic rings. The van der Waals surface area contributed by atoms with Crippen LogP contribution >= 0.6 is 0 Å². The SMILES string of the molecule is CCCCc1nccn1CC(C)(C)OCCS(C)(=O)=O. The maximum Gasteiger partial charge on any atom is 0.149 e. The first kappa shape index (κ1) is 17.2. The van der Waals surface area contributed by atoms with E-state index >= 15 is 0 Å². The van der Waals surface area contributed by atoms with E-state index < -0.39 is 15.4 Å². The highest BCUT2D eigenvalue weighted by molar-refractivity contribution is 7.90. The number of sulfone groups is 1. The van der Waals surface area contributed by atoms with Crippen molar-refractivity contribution in [3.05, 3.63) is 18.2 Å². The Morgan fingerprint density at radius 1 is 1.40 bits per heavy atom. The fourth-order valence-corrected chi connectivity index (χ4v) is 2.36. The van der Waals surface area contributed by atoms with E-state index in [1.54, 1.807) is 6.20 Å². The first-order valence-electron chi connectivity index (χ1n) is 7.05. The molecular formula is C14H26N2O3S. The van der Waals surface area contributed by atoms with Crippen LogP contribution in [0.1, 0.15) is 39.4 Å². The quantitative estimate of drug-likeness (QED) is 0.700. The molecule has 0 saturated carbocycles. The lowest BCUT2D eigenvalue weighted by molar-refractivity contribution is -0.0218. The second-order valence-electron chi connectivity index (χ2n) is 5.81. The average molecular weight is 302 g/mol. The van der Waals surface area contributed by atoms with Gasteiger partial charge >= 0.3 is 0 Å². The van der Waals surface area contributed by atoms with Gasteiger partial charge in [-0.3, -0.25) is 0 Å². The minimum Gasteiger partial charge on any atom is -0.373 e. The number of nitrogens with zero attached hydrogens (tertiary/aromatic N) is 2. The molecule has 0 unspecified atom stereocenters. The molecule has 0 fully saturated rings. The Morgan fingerprint density at radius 2 is 2.10 bits per heavy atom. The van der Waals surface area contributed by atoms with Gasteiger partial charge in [0.1, 0.15) is 15.7 Å². The van der Waals surface area contributed by atoms with Gasteiger partial charge in [-0.05, 0) is 20.3 Å². The fourth-order valence-electron chi connectivity index (χ4n) is 1.97. The lowest BCUT2D eigenvalue weighted by Gasteiger charge is -2.26. The van der Waals surface area contributed by atoms with E-state index in [0.29, 0.717) is 6.54 Å². The number of rotatable bonds is 9. The monoisotopic (exact) mass is 302 g/mol. The summed E-state index contributed by atoms with van der Waals surface area (Å²) in [6.07, 6.45) is 8.20. The number of hydrogen-bond donors (Lipinski definition) is 0. The molecule has 1 heterocycles. The van der Waals surface area contributed by atoms with E-state index in [1.165, 1.54) is 6.26 Å². The Hall–Kier alpha value is -0.880. The lowest BCUT2D eigenvalue weighted by Crippen LogP contribution is -2.32. The molecule has 0 N–H and O–H groups in total. The molecule has 0 aliphatic carbocycles. The molecule has 0 bridgehead atoms. The molecular weight excluding hydrogens is 276 g/mol. The number of aryl methyl sites for hydroxylation is 1. The molecule has 116 valence electrons. The molecule has 1 rings (SSSR count). The molecule has 0 aliphatic rings. The van der Waals surface area contributed by atoms with E-state index in [-0.39, 0.29) is 12.4 Å². The van der Waals surface area contributed by atoms with E-state index in [2.05, 4.69) is 16.5 Å². The van der Waals surface area contributed by atoms with Crippen LogP contribution in [0.5, 0.6) is 0 Å². The summed E-state index contributed by atoms with van der Waals surface area (Å²) in [7, 11) is -2.97. The highest BCUT2D eigenvalue weighted by Gasteiger charge is 2.21. The molecule has 0 spiro atoms. The largest absolute Gasteiger partial charge is 0.373 e. The van der Waals surface area contributed by atoms with Crippen LogP contribution in [0.4, 0.5) is 0 Å². The normalized spacial score (nSPS) is 12.8. The van der Waals surface area contributed by atoms with Crippen LogP contribution in [-0.2, 0) is 27.5 Å². The van der Waals surface area contributed by atoms with Crippen LogP contribution in [0.3, 0.4) is 0 Å². The van der Waals surface area contributed by atoms with Crippen LogP contribution in [0.2, 0.25) is 0 Å². The molecule has 20 heavy (non-hydrogen) atoms. The van der Waals surface area contributed by atoms with Gasteiger partial charge in [0.2, 0.25) is 0 Å². The number of hydrogen-bond acceptors (Lipinski definition) is 4. The summed E-state index contributed by atoms with van der Waals surface area (Å²) in [5, 5.41) is 0. The second-order valence-corrected chi connectivity index (χ2v) is 8.07. The average Bonchev–Trinajstić information content (AvgIpc) is 2.70. The number of ether oxygens (including phenoxy) is 1. The van der Waals surface area contributed by atoms with Crippen molar-refractivity contribution in [2.75, 3.05) is 18.6 Å². The highest BCUT2D eigenvalue weighted by Crippen LogP contribution is 2.15. The van der Waals surface area contributed by atoms with Crippen molar-refractivity contribution in [3.8, 4) is 0 Å². The lowest BCUT2D eigenvalue weighted by atomic mass is 10.1. The summed E-state index contributed by atoms with van der Waals surface area (Å²) in [6.45, 7) is 7.00. The van der Waals surface area contributed by atoms with E-state index in [4.69, 9.17) is 4.74 Å². The Labute approximate surface area is 122 Å². The van der Waals surface area contributed by atoms with Gasteiger partial charge in [0.15, 0.2) is 0 Å². The Morgan fingerprint density at radius 3 is 2.70 bits per heavy atom. The van der Waals surface area contributed by atoms with Crippen LogP contribution in [-0.4, -0.2) is 42.2 Å². The maximum absolute atomic E-state index is 11.1. The summed E-state index contributed by atoms with van der Waals surface area (Å²) in [6, 6.07) is 0. The third-order valence-corrected chi connectivity index (χ3v) is 3.96. The predicted octanol–water partition coefficient (Wildman–Crippen LogP) is 2.07. The Kier molecular flexibility index (Phi) is 6.20. The minimum absolute atomic E-state index is 0.0586. The Bertz CT molecular complexity index is 506. The molecule has 0 saturated heterocycles. The highest BCUT2D eigenvalue weighted by atomic mass is 32.2. The topological polar surface area (TPSA) is 61.2 Å². The van der Waals surface area contributed by atoms with E-state index in [9.17, 15) is 8.42 Å². The summed E-state index contributed by atoms with van der Waals surface area (Å²) in [4.78, 5) is 4.37. The summed E-state index contributed by atoms with van der Waals surface area (Å²) < 4.78 is 30.0. The summed E-state index contributed by atoms with van der Waals surface area (Å²) in [5.74, 6) is 1.12. The zero-order valence-corrected chi connectivity index (χ0v) is 13.7. The fraction of sp³-hybridized carbons (Fsp3) is 0.786. The van der Waals surface area contributed by atoms with Crippen LogP contribution in [0.15, 0.2) is 12.4 Å². The third-order valence-electron chi connectivity index (χ3n) is 3.05. The second kappa shape index (κ2) is 7.22. The van der Waals surface area contributed by atoms with Crippen molar-refractivity contribution in [3.63, 3.8) is 0 Å². The van der Waals surface area contributed by atoms with Gasteiger partial charge in [0.25, 0.3) is 0 Å². The molecule has 0 radical (unpaired) electrons. The van der Waals surface area contributed by atoms with Gasteiger partial charge in [-0.1, -0.05) is 13.3 Å². The minimum atomic E-state index is -2.97. The molecule has 0 amide bonds. The van der Waals surface area contributed by atoms with Crippen molar-refractivity contribution in [1.29, 1.82) is 0 Å². The summed E-state index contributed by atoms with van der Waals surface area (Å²) >= 11 is 0. The van der Waals surface area contributed by atoms with Crippen LogP contribution in [0, 0.1) is 0 Å². The number of aromatic nitrogens is 2. The van der Waals surface area contributed by atoms with Gasteiger partial charge < -0.3 is 9.30 Å². The van der Waals surface area contributed by atoms with Crippen LogP contribution in [0.25, 0.3) is 0 Å². The number of imidazole rings is 1. The molecule has 5 nitrogen and oxygen atoms in total. The van der Waals surface area contributed by atoms with Gasteiger partial charge in [0, 0.05) is 25.1 Å². The number of unbranched alkanes of at least 4 members (excludes halogenated alkanes) is 1.